The molecule has 24 heavy (non-hydrogen) atoms. The van der Waals surface area contributed by atoms with Crippen molar-refractivity contribution in [2.45, 2.75) is 53.4 Å². The van der Waals surface area contributed by atoms with Gasteiger partial charge in [0.1, 0.15) is 11.6 Å². The fourth-order valence-corrected chi connectivity index (χ4v) is 2.96. The van der Waals surface area contributed by atoms with Crippen LogP contribution < -0.4 is 0 Å². The third-order valence-electron chi connectivity index (χ3n) is 4.49. The zero-order chi connectivity index (χ0) is 17.9. The summed E-state index contributed by atoms with van der Waals surface area (Å²) < 4.78 is 28.5. The number of ketones is 1. The molecule has 0 spiro atoms. The SMILES string of the molecule is CCc1cc(C(=O)c2cc(CC)c(F)c(CC)c2)cc(CC)c1F. The van der Waals surface area contributed by atoms with Crippen LogP contribution in [-0.4, -0.2) is 5.78 Å². The molecule has 0 aromatic heterocycles. The molecule has 0 saturated carbocycles. The van der Waals surface area contributed by atoms with Crippen LogP contribution in [0, 0.1) is 11.6 Å². The minimum Gasteiger partial charge on any atom is -0.289 e. The summed E-state index contributed by atoms with van der Waals surface area (Å²) in [6.07, 6.45) is 2.13. The van der Waals surface area contributed by atoms with E-state index in [9.17, 15) is 13.6 Å². The lowest BCUT2D eigenvalue weighted by atomic mass is 9.93. The quantitative estimate of drug-likeness (QED) is 0.644. The van der Waals surface area contributed by atoms with Crippen LogP contribution in [0.4, 0.5) is 8.78 Å². The lowest BCUT2D eigenvalue weighted by Crippen LogP contribution is -2.08. The van der Waals surface area contributed by atoms with Crippen molar-refractivity contribution in [3.05, 3.63) is 69.3 Å². The Kier molecular flexibility index (Phi) is 5.87. The summed E-state index contributed by atoms with van der Waals surface area (Å²) in [5.41, 5.74) is 3.14. The predicted octanol–water partition coefficient (Wildman–Crippen LogP) is 5.45. The molecule has 0 aliphatic rings. The van der Waals surface area contributed by atoms with Gasteiger partial charge in [0.05, 0.1) is 0 Å². The molecule has 1 nitrogen and oxygen atoms in total. The summed E-state index contributed by atoms with van der Waals surface area (Å²) in [7, 11) is 0. The maximum Gasteiger partial charge on any atom is 0.193 e. The van der Waals surface area contributed by atoms with E-state index in [0.29, 0.717) is 59.1 Å². The van der Waals surface area contributed by atoms with E-state index in [1.165, 1.54) is 0 Å². The Balaban J connectivity index is 2.57. The molecule has 0 atom stereocenters. The predicted molar refractivity (Wildman–Crippen MR) is 93.7 cm³/mol. The Bertz CT molecular complexity index is 649. The first-order chi connectivity index (χ1) is 11.5. The second kappa shape index (κ2) is 7.69. The molecule has 0 fully saturated rings. The Hall–Kier alpha value is -2.03. The third kappa shape index (κ3) is 3.40. The van der Waals surface area contributed by atoms with Gasteiger partial charge < -0.3 is 0 Å². The third-order valence-corrected chi connectivity index (χ3v) is 4.49. The second-order valence-electron chi connectivity index (χ2n) is 5.96. The molecule has 0 N–H and O–H groups in total. The molecule has 0 unspecified atom stereocenters. The molecule has 0 aliphatic heterocycles. The second-order valence-corrected chi connectivity index (χ2v) is 5.96. The first-order valence-corrected chi connectivity index (χ1v) is 8.63. The highest BCUT2D eigenvalue weighted by Gasteiger charge is 2.17. The normalized spacial score (nSPS) is 10.9. The standard InChI is InChI=1S/C21H24F2O/c1-5-13-9-17(10-14(6-2)19(13)22)21(24)18-11-15(7-3)20(23)16(8-4)12-18/h9-12H,5-8H2,1-4H3. The Morgan fingerprint density at radius 2 is 0.917 bits per heavy atom. The summed E-state index contributed by atoms with van der Waals surface area (Å²) in [4.78, 5) is 12.9. The van der Waals surface area contributed by atoms with E-state index < -0.39 is 0 Å². The van der Waals surface area contributed by atoms with Crippen LogP contribution in [0.1, 0.15) is 65.9 Å². The molecule has 2 aromatic rings. The van der Waals surface area contributed by atoms with Gasteiger partial charge in [-0.05, 0) is 72.2 Å². The highest BCUT2D eigenvalue weighted by molar-refractivity contribution is 6.09. The number of hydrogen-bond acceptors (Lipinski definition) is 1. The summed E-state index contributed by atoms with van der Waals surface area (Å²) in [5.74, 6) is -0.623. The average Bonchev–Trinajstić information content (AvgIpc) is 2.61. The van der Waals surface area contributed by atoms with Crippen molar-refractivity contribution in [1.82, 2.24) is 0 Å². The zero-order valence-electron chi connectivity index (χ0n) is 14.8. The van der Waals surface area contributed by atoms with Crippen molar-refractivity contribution in [2.24, 2.45) is 0 Å². The monoisotopic (exact) mass is 330 g/mol. The van der Waals surface area contributed by atoms with Crippen LogP contribution in [-0.2, 0) is 25.7 Å². The van der Waals surface area contributed by atoms with Crippen molar-refractivity contribution < 1.29 is 13.6 Å². The van der Waals surface area contributed by atoms with Gasteiger partial charge in [-0.15, -0.1) is 0 Å². The van der Waals surface area contributed by atoms with Crippen LogP contribution in [0.3, 0.4) is 0 Å². The van der Waals surface area contributed by atoms with Crippen molar-refractivity contribution in [3.8, 4) is 0 Å². The van der Waals surface area contributed by atoms with Crippen molar-refractivity contribution in [1.29, 1.82) is 0 Å². The van der Waals surface area contributed by atoms with Crippen molar-refractivity contribution in [3.63, 3.8) is 0 Å². The molecule has 2 rings (SSSR count). The highest BCUT2D eigenvalue weighted by Crippen LogP contribution is 2.23. The maximum absolute atomic E-state index is 14.2. The number of carbonyl (C=O) groups is 1. The molecular weight excluding hydrogens is 306 g/mol. The van der Waals surface area contributed by atoms with Gasteiger partial charge in [-0.3, -0.25) is 4.79 Å². The first-order valence-electron chi connectivity index (χ1n) is 8.63. The summed E-state index contributed by atoms with van der Waals surface area (Å²) >= 11 is 0. The molecule has 0 radical (unpaired) electrons. The minimum absolute atomic E-state index is 0.177. The van der Waals surface area contributed by atoms with Crippen molar-refractivity contribution in [2.75, 3.05) is 0 Å². The summed E-state index contributed by atoms with van der Waals surface area (Å²) in [5, 5.41) is 0. The average molecular weight is 330 g/mol. The van der Waals surface area contributed by atoms with Gasteiger partial charge >= 0.3 is 0 Å². The molecule has 0 heterocycles. The van der Waals surface area contributed by atoms with Gasteiger partial charge in [-0.25, -0.2) is 8.78 Å². The first kappa shape index (κ1) is 18.3. The summed E-state index contributed by atoms with van der Waals surface area (Å²) in [6.45, 7) is 7.48. The lowest BCUT2D eigenvalue weighted by molar-refractivity contribution is 0.103. The Labute approximate surface area is 142 Å². The zero-order valence-corrected chi connectivity index (χ0v) is 14.8. The lowest BCUT2D eigenvalue weighted by Gasteiger charge is -2.12. The number of hydrogen-bond donors (Lipinski definition) is 0. The molecule has 0 saturated heterocycles. The number of aryl methyl sites for hydroxylation is 4. The van der Waals surface area contributed by atoms with Gasteiger partial charge in [0, 0.05) is 11.1 Å². The largest absolute Gasteiger partial charge is 0.289 e. The summed E-state index contributed by atoms with van der Waals surface area (Å²) in [6, 6.07) is 6.49. The molecule has 3 heteroatoms. The van der Waals surface area contributed by atoms with E-state index in [2.05, 4.69) is 0 Å². The molecule has 0 bridgehead atoms. The van der Waals surface area contributed by atoms with E-state index in [1.807, 2.05) is 27.7 Å². The van der Waals surface area contributed by atoms with E-state index in [0.717, 1.165) is 0 Å². The van der Waals surface area contributed by atoms with Crippen molar-refractivity contribution >= 4 is 5.78 Å². The fourth-order valence-electron chi connectivity index (χ4n) is 2.96. The van der Waals surface area contributed by atoms with Crippen LogP contribution in [0.15, 0.2) is 24.3 Å². The number of carbonyl (C=O) groups excluding carboxylic acids is 1. The number of rotatable bonds is 6. The smallest absolute Gasteiger partial charge is 0.193 e. The van der Waals surface area contributed by atoms with Gasteiger partial charge in [0.15, 0.2) is 5.78 Å². The minimum atomic E-state index is -0.223. The molecule has 0 amide bonds. The van der Waals surface area contributed by atoms with E-state index in [-0.39, 0.29) is 17.4 Å². The van der Waals surface area contributed by atoms with Gasteiger partial charge in [0.25, 0.3) is 0 Å². The van der Waals surface area contributed by atoms with E-state index in [1.54, 1.807) is 24.3 Å². The molecular formula is C21H24F2O. The van der Waals surface area contributed by atoms with Crippen LogP contribution in [0.25, 0.3) is 0 Å². The molecule has 2 aromatic carbocycles. The molecule has 128 valence electrons. The van der Waals surface area contributed by atoms with Gasteiger partial charge in [-0.2, -0.15) is 0 Å². The molecule has 0 aliphatic carbocycles. The van der Waals surface area contributed by atoms with Crippen LogP contribution >= 0.6 is 0 Å². The maximum atomic E-state index is 14.2. The van der Waals surface area contributed by atoms with Crippen LogP contribution in [0.5, 0.6) is 0 Å². The van der Waals surface area contributed by atoms with Gasteiger partial charge in [0.2, 0.25) is 0 Å². The van der Waals surface area contributed by atoms with Crippen LogP contribution in [0.2, 0.25) is 0 Å². The van der Waals surface area contributed by atoms with E-state index in [4.69, 9.17) is 0 Å². The Morgan fingerprint density at radius 1 is 0.667 bits per heavy atom. The highest BCUT2D eigenvalue weighted by atomic mass is 19.1. The number of benzene rings is 2. The topological polar surface area (TPSA) is 17.1 Å². The fraction of sp³-hybridized carbons (Fsp3) is 0.381. The number of halogens is 2. The van der Waals surface area contributed by atoms with Gasteiger partial charge in [-0.1, -0.05) is 27.7 Å². The Morgan fingerprint density at radius 3 is 1.12 bits per heavy atom. The van der Waals surface area contributed by atoms with E-state index >= 15 is 0 Å².